The molecule has 0 saturated carbocycles. The Morgan fingerprint density at radius 2 is 1.14 bits per heavy atom. The summed E-state index contributed by atoms with van der Waals surface area (Å²) in [5.41, 5.74) is 12.0. The van der Waals surface area contributed by atoms with Gasteiger partial charge in [-0.05, 0) is 75.9 Å². The first kappa shape index (κ1) is 33.0. The molecule has 0 bridgehead atoms. The molecule has 58 heavy (non-hydrogen) atoms. The van der Waals surface area contributed by atoms with Gasteiger partial charge in [0.25, 0.3) is 0 Å². The lowest BCUT2D eigenvalue weighted by Gasteiger charge is -2.33. The van der Waals surface area contributed by atoms with Crippen LogP contribution in [-0.2, 0) is 0 Å². The predicted molar refractivity (Wildman–Crippen MR) is 240 cm³/mol. The van der Waals surface area contributed by atoms with E-state index in [4.69, 9.17) is 19.4 Å². The van der Waals surface area contributed by atoms with Gasteiger partial charge in [0.15, 0.2) is 17.5 Å². The third kappa shape index (κ3) is 5.39. The maximum atomic E-state index is 6.49. The Labute approximate surface area is 338 Å². The lowest BCUT2D eigenvalue weighted by molar-refractivity contribution is 0.618. The standard InChI is InChI=1S/C53H33N3OS/c1-2-11-33(12-3-1)51-54-52(56-53(55-51)37-26-28-49-44(31-37)42-17-8-9-20-48(42)58-49)34-23-21-32(22-24-34)39-18-10-19-47-50(39)45-30-36(25-27-46(45)57-47)43-29-35-13-4-5-14-38(35)40-15-6-7-16-41(40)43/h1-31,38,40H. The molecule has 0 N–H and O–H groups in total. The van der Waals surface area contributed by atoms with Gasteiger partial charge in [-0.15, -0.1) is 11.3 Å². The third-order valence-electron chi connectivity index (χ3n) is 11.7. The molecule has 12 rings (SSSR count). The molecular formula is C53H33N3OS. The third-order valence-corrected chi connectivity index (χ3v) is 12.9. The van der Waals surface area contributed by atoms with Gasteiger partial charge in [0.05, 0.1) is 0 Å². The number of fused-ring (bicyclic) bond motifs is 9. The van der Waals surface area contributed by atoms with Crippen LogP contribution in [0.4, 0.5) is 0 Å². The zero-order chi connectivity index (χ0) is 38.2. The normalized spacial score (nSPS) is 17.1. The molecule has 3 aliphatic carbocycles. The van der Waals surface area contributed by atoms with Crippen molar-refractivity contribution in [1.29, 1.82) is 0 Å². The summed E-state index contributed by atoms with van der Waals surface area (Å²) >= 11 is 1.81. The Morgan fingerprint density at radius 3 is 2.00 bits per heavy atom. The van der Waals surface area contributed by atoms with Gasteiger partial charge in [0, 0.05) is 59.5 Å². The zero-order valence-electron chi connectivity index (χ0n) is 31.2. The van der Waals surface area contributed by atoms with E-state index in [9.17, 15) is 0 Å². The molecule has 3 heterocycles. The molecule has 0 fully saturated rings. The highest BCUT2D eigenvalue weighted by Gasteiger charge is 2.30. The van der Waals surface area contributed by atoms with E-state index in [1.807, 2.05) is 41.7 Å². The average molecular weight is 760 g/mol. The van der Waals surface area contributed by atoms with E-state index in [0.29, 0.717) is 29.3 Å². The van der Waals surface area contributed by atoms with Crippen LogP contribution in [0.15, 0.2) is 204 Å². The highest BCUT2D eigenvalue weighted by molar-refractivity contribution is 7.25. The molecular weight excluding hydrogens is 727 g/mol. The SMILES string of the molecule is C1=CC2=CC(c3ccc4oc5cccc(-c6ccc(-c7nc(-c8ccccc8)nc(-c8ccc9sc%10ccccc%10c9c8)n7)cc6)c5c4c3)=C3C=CC=CC3C2C=C1. The first-order valence-electron chi connectivity index (χ1n) is 19.7. The lowest BCUT2D eigenvalue weighted by atomic mass is 9.70. The molecule has 9 aromatic rings. The quantitative estimate of drug-likeness (QED) is 0.175. The smallest absolute Gasteiger partial charge is 0.164 e. The van der Waals surface area contributed by atoms with E-state index < -0.39 is 0 Å². The number of nitrogens with zero attached hydrogens (tertiary/aromatic N) is 3. The number of hydrogen-bond acceptors (Lipinski definition) is 5. The van der Waals surface area contributed by atoms with Gasteiger partial charge in [-0.25, -0.2) is 15.0 Å². The van der Waals surface area contributed by atoms with Gasteiger partial charge in [-0.1, -0.05) is 146 Å². The second-order valence-corrected chi connectivity index (χ2v) is 16.2. The monoisotopic (exact) mass is 759 g/mol. The molecule has 2 atom stereocenters. The summed E-state index contributed by atoms with van der Waals surface area (Å²) in [6.45, 7) is 0. The van der Waals surface area contributed by atoms with Crippen LogP contribution in [0.1, 0.15) is 5.56 Å². The van der Waals surface area contributed by atoms with Crippen LogP contribution in [0.25, 0.3) is 93.0 Å². The van der Waals surface area contributed by atoms with E-state index in [-0.39, 0.29) is 0 Å². The number of aromatic nitrogens is 3. The summed E-state index contributed by atoms with van der Waals surface area (Å²) in [5.74, 6) is 2.61. The number of furan rings is 1. The summed E-state index contributed by atoms with van der Waals surface area (Å²) in [6.07, 6.45) is 20.2. The molecule has 4 nitrogen and oxygen atoms in total. The molecule has 0 spiro atoms. The van der Waals surface area contributed by atoms with Crippen molar-refractivity contribution in [3.8, 4) is 45.3 Å². The number of rotatable bonds is 5. The van der Waals surface area contributed by atoms with Crippen molar-refractivity contribution in [2.45, 2.75) is 0 Å². The van der Waals surface area contributed by atoms with E-state index in [1.54, 1.807) is 0 Å². The Morgan fingerprint density at radius 1 is 0.466 bits per heavy atom. The molecule has 3 aromatic heterocycles. The van der Waals surface area contributed by atoms with Crippen molar-refractivity contribution in [3.63, 3.8) is 0 Å². The maximum Gasteiger partial charge on any atom is 0.164 e. The van der Waals surface area contributed by atoms with Gasteiger partial charge in [0.1, 0.15) is 11.2 Å². The van der Waals surface area contributed by atoms with Crippen LogP contribution in [0.5, 0.6) is 0 Å². The highest BCUT2D eigenvalue weighted by atomic mass is 32.1. The molecule has 0 saturated heterocycles. The van der Waals surface area contributed by atoms with Crippen LogP contribution in [0.3, 0.4) is 0 Å². The molecule has 6 aromatic carbocycles. The molecule has 0 aliphatic heterocycles. The summed E-state index contributed by atoms with van der Waals surface area (Å²) < 4.78 is 9.02. The zero-order valence-corrected chi connectivity index (χ0v) is 32.0. The predicted octanol–water partition coefficient (Wildman–Crippen LogP) is 14.0. The van der Waals surface area contributed by atoms with E-state index >= 15 is 0 Å². The fourth-order valence-electron chi connectivity index (χ4n) is 8.93. The van der Waals surface area contributed by atoms with Crippen molar-refractivity contribution in [3.05, 3.63) is 205 Å². The van der Waals surface area contributed by atoms with Crippen LogP contribution in [-0.4, -0.2) is 15.0 Å². The largest absolute Gasteiger partial charge is 0.456 e. The second-order valence-electron chi connectivity index (χ2n) is 15.1. The van der Waals surface area contributed by atoms with Gasteiger partial charge in [-0.3, -0.25) is 0 Å². The van der Waals surface area contributed by atoms with E-state index in [2.05, 4.69) is 158 Å². The number of thiophene rings is 1. The van der Waals surface area contributed by atoms with Crippen molar-refractivity contribution in [1.82, 2.24) is 15.0 Å². The van der Waals surface area contributed by atoms with Crippen molar-refractivity contribution in [2.75, 3.05) is 0 Å². The summed E-state index contributed by atoms with van der Waals surface area (Å²) in [4.78, 5) is 15.2. The number of allylic oxidation sites excluding steroid dienone is 12. The topological polar surface area (TPSA) is 51.8 Å². The molecule has 0 radical (unpaired) electrons. The molecule has 2 unspecified atom stereocenters. The van der Waals surface area contributed by atoms with Gasteiger partial charge < -0.3 is 4.42 Å². The Balaban J connectivity index is 0.955. The summed E-state index contributed by atoms with van der Waals surface area (Å²) in [6, 6.07) is 46.8. The van der Waals surface area contributed by atoms with Crippen molar-refractivity contribution >= 4 is 59.0 Å². The summed E-state index contributed by atoms with van der Waals surface area (Å²) in [7, 11) is 0. The summed E-state index contributed by atoms with van der Waals surface area (Å²) in [5, 5.41) is 4.68. The Bertz CT molecular complexity index is 3340. The van der Waals surface area contributed by atoms with Gasteiger partial charge >= 0.3 is 0 Å². The Kier molecular flexibility index (Phi) is 7.50. The molecule has 3 aliphatic rings. The average Bonchev–Trinajstić information content (AvgIpc) is 3.87. The van der Waals surface area contributed by atoms with Crippen LogP contribution in [0.2, 0.25) is 0 Å². The molecule has 272 valence electrons. The van der Waals surface area contributed by atoms with Crippen LogP contribution in [0, 0.1) is 11.8 Å². The first-order valence-corrected chi connectivity index (χ1v) is 20.5. The van der Waals surface area contributed by atoms with Gasteiger partial charge in [-0.2, -0.15) is 0 Å². The first-order chi connectivity index (χ1) is 28.7. The fourth-order valence-corrected chi connectivity index (χ4v) is 10.0. The molecule has 5 heteroatoms. The molecule has 0 amide bonds. The highest BCUT2D eigenvalue weighted by Crippen LogP contribution is 2.45. The van der Waals surface area contributed by atoms with Crippen LogP contribution >= 0.6 is 11.3 Å². The van der Waals surface area contributed by atoms with Crippen molar-refractivity contribution in [2.24, 2.45) is 11.8 Å². The van der Waals surface area contributed by atoms with Crippen molar-refractivity contribution < 1.29 is 4.42 Å². The second kappa shape index (κ2) is 13.2. The maximum absolute atomic E-state index is 6.49. The number of hydrogen-bond donors (Lipinski definition) is 0. The lowest BCUT2D eigenvalue weighted by Crippen LogP contribution is -2.21. The minimum Gasteiger partial charge on any atom is -0.456 e. The number of benzene rings is 6. The van der Waals surface area contributed by atoms with Gasteiger partial charge in [0.2, 0.25) is 0 Å². The Hall–Kier alpha value is -7.21. The minimum absolute atomic E-state index is 0.321. The van der Waals surface area contributed by atoms with E-state index in [1.165, 1.54) is 42.5 Å². The fraction of sp³-hybridized carbons (Fsp3) is 0.0377. The minimum atomic E-state index is 0.321. The van der Waals surface area contributed by atoms with E-state index in [0.717, 1.165) is 49.8 Å². The van der Waals surface area contributed by atoms with Crippen LogP contribution < -0.4 is 0 Å².